The van der Waals surface area contributed by atoms with E-state index in [1.165, 1.54) is 0 Å². The second kappa shape index (κ2) is 5.63. The predicted molar refractivity (Wildman–Crippen MR) is 65.7 cm³/mol. The van der Waals surface area contributed by atoms with E-state index < -0.39 is 0 Å². The Labute approximate surface area is 103 Å². The Morgan fingerprint density at radius 1 is 1.35 bits per heavy atom. The van der Waals surface area contributed by atoms with Crippen molar-refractivity contribution in [1.29, 1.82) is 0 Å². The average Bonchev–Trinajstić information content (AvgIpc) is 3.15. The minimum Gasteiger partial charge on any atom is -0.339 e. The van der Waals surface area contributed by atoms with E-state index in [9.17, 15) is 9.59 Å². The van der Waals surface area contributed by atoms with Crippen LogP contribution in [-0.2, 0) is 9.59 Å². The average molecular weight is 238 g/mol. The number of carbonyl (C=O) groups excluding carboxylic acids is 2. The highest BCUT2D eigenvalue weighted by Gasteiger charge is 2.33. The van der Waals surface area contributed by atoms with Crippen molar-refractivity contribution in [2.24, 2.45) is 0 Å². The van der Waals surface area contributed by atoms with Gasteiger partial charge in [-0.05, 0) is 39.2 Å². The van der Waals surface area contributed by atoms with Gasteiger partial charge in [-0.3, -0.25) is 9.69 Å². The molecule has 1 atom stereocenters. The highest BCUT2D eigenvalue weighted by atomic mass is 16.2. The van der Waals surface area contributed by atoms with E-state index >= 15 is 0 Å². The summed E-state index contributed by atoms with van der Waals surface area (Å²) in [7, 11) is 0. The van der Waals surface area contributed by atoms with E-state index in [1.54, 1.807) is 0 Å². The van der Waals surface area contributed by atoms with Gasteiger partial charge < -0.3 is 9.69 Å². The maximum atomic E-state index is 12.2. The van der Waals surface area contributed by atoms with Gasteiger partial charge in [0.25, 0.3) is 0 Å². The molecule has 0 radical (unpaired) electrons. The molecule has 1 aliphatic heterocycles. The minimum absolute atomic E-state index is 0.0365. The Kier molecular flexibility index (Phi) is 4.15. The van der Waals surface area contributed by atoms with Crippen molar-refractivity contribution in [3.63, 3.8) is 0 Å². The molecule has 0 aromatic heterocycles. The van der Waals surface area contributed by atoms with Crippen LogP contribution in [0.2, 0.25) is 0 Å². The molecule has 2 aliphatic rings. The van der Waals surface area contributed by atoms with Crippen molar-refractivity contribution in [3.8, 4) is 0 Å². The van der Waals surface area contributed by atoms with Crippen molar-refractivity contribution in [1.82, 2.24) is 9.80 Å². The molecule has 0 spiro atoms. The third kappa shape index (κ3) is 3.06. The normalized spacial score (nSPS) is 25.6. The third-order valence-corrected chi connectivity index (χ3v) is 3.81. The largest absolute Gasteiger partial charge is 0.339 e. The maximum absolute atomic E-state index is 12.2. The molecule has 0 bridgehead atoms. The van der Waals surface area contributed by atoms with Gasteiger partial charge in [0.15, 0.2) is 0 Å². The fourth-order valence-corrected chi connectivity index (χ4v) is 2.66. The maximum Gasteiger partial charge on any atom is 0.237 e. The Balaban J connectivity index is 1.89. The SMILES string of the molecule is CCN(C(=O)CN1CCCCC1C=O)C1CC1. The molecular weight excluding hydrogens is 216 g/mol. The van der Waals surface area contributed by atoms with Crippen LogP contribution in [0.3, 0.4) is 0 Å². The number of rotatable bonds is 5. The molecule has 17 heavy (non-hydrogen) atoms. The van der Waals surface area contributed by atoms with Gasteiger partial charge in [-0.15, -0.1) is 0 Å². The molecule has 2 rings (SSSR count). The Morgan fingerprint density at radius 2 is 2.12 bits per heavy atom. The summed E-state index contributed by atoms with van der Waals surface area (Å²) >= 11 is 0. The molecule has 1 saturated carbocycles. The lowest BCUT2D eigenvalue weighted by Crippen LogP contribution is -2.47. The molecule has 4 nitrogen and oxygen atoms in total. The summed E-state index contributed by atoms with van der Waals surface area (Å²) in [6.07, 6.45) is 6.42. The van der Waals surface area contributed by atoms with E-state index in [0.717, 1.165) is 51.5 Å². The second-order valence-electron chi connectivity index (χ2n) is 5.08. The van der Waals surface area contributed by atoms with Crippen LogP contribution >= 0.6 is 0 Å². The van der Waals surface area contributed by atoms with Gasteiger partial charge in [0.2, 0.25) is 5.91 Å². The van der Waals surface area contributed by atoms with Gasteiger partial charge in [0.1, 0.15) is 6.29 Å². The van der Waals surface area contributed by atoms with Crippen LogP contribution in [0.5, 0.6) is 0 Å². The standard InChI is InChI=1S/C13H22N2O2/c1-2-15(11-6-7-11)13(17)9-14-8-4-3-5-12(14)10-16/h10-12H,2-9H2,1H3. The Bertz CT molecular complexity index is 289. The highest BCUT2D eigenvalue weighted by molar-refractivity contribution is 5.79. The molecule has 2 fully saturated rings. The van der Waals surface area contributed by atoms with E-state index in [1.807, 2.05) is 16.7 Å². The molecule has 1 amide bonds. The number of amides is 1. The minimum atomic E-state index is -0.0365. The number of aldehydes is 1. The molecule has 1 unspecified atom stereocenters. The Morgan fingerprint density at radius 3 is 2.71 bits per heavy atom. The zero-order chi connectivity index (χ0) is 12.3. The van der Waals surface area contributed by atoms with E-state index in [4.69, 9.17) is 0 Å². The molecule has 0 aromatic carbocycles. The van der Waals surface area contributed by atoms with Crippen LogP contribution in [0, 0.1) is 0 Å². The van der Waals surface area contributed by atoms with Gasteiger partial charge in [-0.25, -0.2) is 0 Å². The zero-order valence-corrected chi connectivity index (χ0v) is 10.6. The van der Waals surface area contributed by atoms with Gasteiger partial charge in [-0.1, -0.05) is 6.42 Å². The van der Waals surface area contributed by atoms with Crippen LogP contribution in [0.4, 0.5) is 0 Å². The molecule has 0 aromatic rings. The number of likely N-dealkylation sites (tertiary alicyclic amines) is 1. The van der Waals surface area contributed by atoms with Crippen molar-refractivity contribution in [2.75, 3.05) is 19.6 Å². The summed E-state index contributed by atoms with van der Waals surface area (Å²) in [6, 6.07) is 0.442. The monoisotopic (exact) mass is 238 g/mol. The summed E-state index contributed by atoms with van der Waals surface area (Å²) in [6.45, 7) is 4.14. The number of hydrogen-bond donors (Lipinski definition) is 0. The molecule has 0 N–H and O–H groups in total. The number of carbonyl (C=O) groups is 2. The number of likely N-dealkylation sites (N-methyl/N-ethyl adjacent to an activating group) is 1. The quantitative estimate of drug-likeness (QED) is 0.672. The fourth-order valence-electron chi connectivity index (χ4n) is 2.66. The smallest absolute Gasteiger partial charge is 0.237 e. The van der Waals surface area contributed by atoms with Crippen LogP contribution in [0.15, 0.2) is 0 Å². The van der Waals surface area contributed by atoms with Crippen molar-refractivity contribution >= 4 is 12.2 Å². The van der Waals surface area contributed by atoms with Gasteiger partial charge in [-0.2, -0.15) is 0 Å². The predicted octanol–water partition coefficient (Wildman–Crippen LogP) is 1.05. The molecule has 4 heteroatoms. The summed E-state index contributed by atoms with van der Waals surface area (Å²) in [4.78, 5) is 27.1. The van der Waals surface area contributed by atoms with Crippen molar-refractivity contribution < 1.29 is 9.59 Å². The fraction of sp³-hybridized carbons (Fsp3) is 0.846. The van der Waals surface area contributed by atoms with Gasteiger partial charge >= 0.3 is 0 Å². The van der Waals surface area contributed by atoms with Crippen molar-refractivity contribution in [3.05, 3.63) is 0 Å². The summed E-state index contributed by atoms with van der Waals surface area (Å²) < 4.78 is 0. The van der Waals surface area contributed by atoms with Crippen LogP contribution in [0.1, 0.15) is 39.0 Å². The topological polar surface area (TPSA) is 40.6 Å². The third-order valence-electron chi connectivity index (χ3n) is 3.81. The molecule has 1 aliphatic carbocycles. The first-order valence-electron chi connectivity index (χ1n) is 6.75. The van der Waals surface area contributed by atoms with Crippen molar-refractivity contribution in [2.45, 2.75) is 51.1 Å². The number of nitrogens with zero attached hydrogens (tertiary/aromatic N) is 2. The molecule has 1 heterocycles. The first kappa shape index (κ1) is 12.6. The number of hydrogen-bond acceptors (Lipinski definition) is 3. The van der Waals surface area contributed by atoms with Gasteiger partial charge in [0.05, 0.1) is 12.6 Å². The summed E-state index contributed by atoms with van der Waals surface area (Å²) in [5.74, 6) is 0.198. The zero-order valence-electron chi connectivity index (χ0n) is 10.6. The first-order chi connectivity index (χ1) is 8.26. The van der Waals surface area contributed by atoms with Crippen LogP contribution in [0.25, 0.3) is 0 Å². The van der Waals surface area contributed by atoms with E-state index in [2.05, 4.69) is 0 Å². The second-order valence-corrected chi connectivity index (χ2v) is 5.08. The van der Waals surface area contributed by atoms with Gasteiger partial charge in [0, 0.05) is 12.6 Å². The number of piperidine rings is 1. The first-order valence-corrected chi connectivity index (χ1v) is 6.75. The van der Waals surface area contributed by atoms with Crippen LogP contribution in [-0.4, -0.2) is 53.7 Å². The van der Waals surface area contributed by atoms with Crippen LogP contribution < -0.4 is 0 Å². The Hall–Kier alpha value is -0.900. The lowest BCUT2D eigenvalue weighted by atomic mass is 10.0. The lowest BCUT2D eigenvalue weighted by Gasteiger charge is -2.33. The summed E-state index contributed by atoms with van der Waals surface area (Å²) in [5, 5.41) is 0. The van der Waals surface area contributed by atoms with E-state index in [-0.39, 0.29) is 11.9 Å². The molecule has 96 valence electrons. The lowest BCUT2D eigenvalue weighted by molar-refractivity contribution is -0.134. The highest BCUT2D eigenvalue weighted by Crippen LogP contribution is 2.27. The molecule has 1 saturated heterocycles. The molecular formula is C13H22N2O2. The van der Waals surface area contributed by atoms with E-state index in [0.29, 0.717) is 12.6 Å². The summed E-state index contributed by atoms with van der Waals surface area (Å²) in [5.41, 5.74) is 0.